The summed E-state index contributed by atoms with van der Waals surface area (Å²) in [6, 6.07) is 11.8. The first-order valence-electron chi connectivity index (χ1n) is 7.73. The number of benzene rings is 2. The van der Waals surface area contributed by atoms with Crippen LogP contribution in [0.1, 0.15) is 6.42 Å². The Morgan fingerprint density at radius 2 is 1.96 bits per heavy atom. The lowest BCUT2D eigenvalue weighted by Gasteiger charge is -2.15. The van der Waals surface area contributed by atoms with E-state index in [1.165, 1.54) is 0 Å². The van der Waals surface area contributed by atoms with Gasteiger partial charge in [-0.25, -0.2) is 4.39 Å². The number of piperidine rings is 1. The van der Waals surface area contributed by atoms with Gasteiger partial charge in [0.25, 0.3) is 0 Å². The molecular formula is C18H16ClFN2O. The molecular weight excluding hydrogens is 315 g/mol. The van der Waals surface area contributed by atoms with E-state index in [9.17, 15) is 9.18 Å². The summed E-state index contributed by atoms with van der Waals surface area (Å²) in [5, 5.41) is 6.39. The van der Waals surface area contributed by atoms with Gasteiger partial charge in [0.15, 0.2) is 5.82 Å². The summed E-state index contributed by atoms with van der Waals surface area (Å²) in [5.74, 6) is 0.402. The first-order chi connectivity index (χ1) is 11.1. The van der Waals surface area contributed by atoms with Crippen LogP contribution in [0.4, 0.5) is 10.1 Å². The van der Waals surface area contributed by atoms with E-state index in [1.807, 2.05) is 6.07 Å². The molecule has 0 bridgehead atoms. The number of hydrogen-bond donors (Lipinski definition) is 2. The molecule has 1 saturated carbocycles. The molecule has 0 aromatic heterocycles. The number of carbonyl (C=O) groups excluding carboxylic acids is 1. The van der Waals surface area contributed by atoms with Crippen LogP contribution in [0, 0.1) is 17.7 Å². The zero-order chi connectivity index (χ0) is 16.0. The Bertz CT molecular complexity index is 779. The van der Waals surface area contributed by atoms with E-state index in [1.54, 1.807) is 36.4 Å². The van der Waals surface area contributed by atoms with E-state index >= 15 is 0 Å². The van der Waals surface area contributed by atoms with Crippen molar-refractivity contribution in [3.63, 3.8) is 0 Å². The highest BCUT2D eigenvalue weighted by atomic mass is 35.5. The summed E-state index contributed by atoms with van der Waals surface area (Å²) < 4.78 is 14.8. The van der Waals surface area contributed by atoms with Gasteiger partial charge in [-0.15, -0.1) is 0 Å². The second kappa shape index (κ2) is 5.62. The Hall–Kier alpha value is -1.91. The fourth-order valence-electron chi connectivity index (χ4n) is 3.36. The number of hydrogen-bond acceptors (Lipinski definition) is 2. The van der Waals surface area contributed by atoms with Gasteiger partial charge in [-0.3, -0.25) is 4.79 Å². The van der Waals surface area contributed by atoms with Crippen LogP contribution in [0.15, 0.2) is 42.5 Å². The average molecular weight is 331 g/mol. The Morgan fingerprint density at radius 3 is 2.65 bits per heavy atom. The molecule has 2 aliphatic rings. The minimum Gasteiger partial charge on any atom is -0.322 e. The van der Waals surface area contributed by atoms with Crippen molar-refractivity contribution in [3.05, 3.63) is 53.3 Å². The first-order valence-corrected chi connectivity index (χ1v) is 8.10. The first kappa shape index (κ1) is 14.7. The van der Waals surface area contributed by atoms with Crippen LogP contribution < -0.4 is 10.6 Å². The maximum atomic E-state index is 14.8. The highest BCUT2D eigenvalue weighted by molar-refractivity contribution is 6.33. The van der Waals surface area contributed by atoms with Gasteiger partial charge >= 0.3 is 0 Å². The standard InChI is InChI=1S/C18H16ClFN2O/c19-14-6-2-1-4-11(14)12-5-3-7-15(16(12)20)22-18(23)17-13-8-10(13)9-21-17/h1-7,10,13,17,21H,8-9H2,(H,22,23)/t10-,13?,17-/m0/s1. The Morgan fingerprint density at radius 1 is 1.17 bits per heavy atom. The number of rotatable bonds is 3. The summed E-state index contributed by atoms with van der Waals surface area (Å²) in [7, 11) is 0. The van der Waals surface area contributed by atoms with Crippen LogP contribution in [0.2, 0.25) is 5.02 Å². The second-order valence-electron chi connectivity index (χ2n) is 6.18. The number of fused-ring (bicyclic) bond motifs is 1. The second-order valence-corrected chi connectivity index (χ2v) is 6.59. The molecule has 2 N–H and O–H groups in total. The monoisotopic (exact) mass is 330 g/mol. The summed E-state index contributed by atoms with van der Waals surface area (Å²) >= 11 is 6.15. The van der Waals surface area contributed by atoms with Gasteiger partial charge in [0.2, 0.25) is 5.91 Å². The molecule has 118 valence electrons. The Labute approximate surface area is 138 Å². The molecule has 1 aliphatic heterocycles. The normalized spacial score (nSPS) is 25.0. The van der Waals surface area contributed by atoms with E-state index in [0.29, 0.717) is 28.0 Å². The van der Waals surface area contributed by atoms with Crippen molar-refractivity contribution in [1.82, 2.24) is 5.32 Å². The molecule has 1 amide bonds. The van der Waals surface area contributed by atoms with Crippen LogP contribution in [-0.2, 0) is 4.79 Å². The predicted octanol–water partition coefficient (Wildman–Crippen LogP) is 3.69. The minimum atomic E-state index is -0.459. The lowest BCUT2D eigenvalue weighted by molar-refractivity contribution is -0.118. The van der Waals surface area contributed by atoms with Gasteiger partial charge in [0, 0.05) is 16.1 Å². The molecule has 3 atom stereocenters. The van der Waals surface area contributed by atoms with Crippen LogP contribution in [0.25, 0.3) is 11.1 Å². The maximum absolute atomic E-state index is 14.8. The van der Waals surface area contributed by atoms with Crippen molar-refractivity contribution in [2.24, 2.45) is 11.8 Å². The van der Waals surface area contributed by atoms with Crippen LogP contribution >= 0.6 is 11.6 Å². The molecule has 0 spiro atoms. The average Bonchev–Trinajstić information content (AvgIpc) is 3.20. The Balaban J connectivity index is 1.61. The summed E-state index contributed by atoms with van der Waals surface area (Å²) in [5.41, 5.74) is 1.19. The third-order valence-electron chi connectivity index (χ3n) is 4.71. The summed E-state index contributed by atoms with van der Waals surface area (Å²) in [6.07, 6.45) is 1.09. The Kier molecular flexibility index (Phi) is 3.58. The number of carbonyl (C=O) groups is 1. The molecule has 3 nitrogen and oxygen atoms in total. The van der Waals surface area contributed by atoms with Crippen LogP contribution in [0.5, 0.6) is 0 Å². The molecule has 1 aliphatic carbocycles. The highest BCUT2D eigenvalue weighted by Gasteiger charge is 2.50. The smallest absolute Gasteiger partial charge is 0.241 e. The van der Waals surface area contributed by atoms with Gasteiger partial charge in [0.1, 0.15) is 0 Å². The number of anilines is 1. The summed E-state index contributed by atoms with van der Waals surface area (Å²) in [4.78, 5) is 12.4. The molecule has 23 heavy (non-hydrogen) atoms. The van der Waals surface area contributed by atoms with Gasteiger partial charge < -0.3 is 10.6 Å². The van der Waals surface area contributed by atoms with Gasteiger partial charge in [-0.1, -0.05) is 41.9 Å². The molecule has 5 heteroatoms. The molecule has 2 fully saturated rings. The van der Waals surface area contributed by atoms with E-state index in [4.69, 9.17) is 11.6 Å². The van der Waals surface area contributed by atoms with Gasteiger partial charge in [-0.05, 0) is 36.9 Å². The van der Waals surface area contributed by atoms with Crippen molar-refractivity contribution in [2.75, 3.05) is 11.9 Å². The molecule has 2 aromatic rings. The number of halogens is 2. The molecule has 0 radical (unpaired) electrons. The number of nitrogens with one attached hydrogen (secondary N) is 2. The summed E-state index contributed by atoms with van der Waals surface area (Å²) in [6.45, 7) is 0.880. The van der Waals surface area contributed by atoms with Crippen molar-refractivity contribution in [2.45, 2.75) is 12.5 Å². The van der Waals surface area contributed by atoms with Gasteiger partial charge in [-0.2, -0.15) is 0 Å². The topological polar surface area (TPSA) is 41.1 Å². The van der Waals surface area contributed by atoms with Crippen molar-refractivity contribution in [3.8, 4) is 11.1 Å². The van der Waals surface area contributed by atoms with Crippen molar-refractivity contribution in [1.29, 1.82) is 0 Å². The molecule has 1 unspecified atom stereocenters. The zero-order valence-electron chi connectivity index (χ0n) is 12.4. The van der Waals surface area contributed by atoms with E-state index in [2.05, 4.69) is 10.6 Å². The zero-order valence-corrected chi connectivity index (χ0v) is 13.1. The number of amides is 1. The van der Waals surface area contributed by atoms with E-state index < -0.39 is 5.82 Å². The third kappa shape index (κ3) is 2.62. The van der Waals surface area contributed by atoms with Crippen LogP contribution in [0.3, 0.4) is 0 Å². The third-order valence-corrected chi connectivity index (χ3v) is 5.04. The quantitative estimate of drug-likeness (QED) is 0.901. The molecule has 2 aromatic carbocycles. The van der Waals surface area contributed by atoms with Crippen molar-refractivity contribution < 1.29 is 9.18 Å². The fourth-order valence-corrected chi connectivity index (χ4v) is 3.60. The van der Waals surface area contributed by atoms with Crippen LogP contribution in [-0.4, -0.2) is 18.5 Å². The SMILES string of the molecule is O=C(Nc1cccc(-c2ccccc2Cl)c1F)[C@H]1NC[C@@H]2CC21. The highest BCUT2D eigenvalue weighted by Crippen LogP contribution is 2.45. The fraction of sp³-hybridized carbons (Fsp3) is 0.278. The predicted molar refractivity (Wildman–Crippen MR) is 88.9 cm³/mol. The molecule has 1 heterocycles. The van der Waals surface area contributed by atoms with Gasteiger partial charge in [0.05, 0.1) is 11.7 Å². The lowest BCUT2D eigenvalue weighted by Crippen LogP contribution is -2.39. The largest absolute Gasteiger partial charge is 0.322 e. The van der Waals surface area contributed by atoms with E-state index in [0.717, 1.165) is 13.0 Å². The maximum Gasteiger partial charge on any atom is 0.241 e. The molecule has 4 rings (SSSR count). The lowest BCUT2D eigenvalue weighted by atomic mass is 10.0. The van der Waals surface area contributed by atoms with Crippen molar-refractivity contribution >= 4 is 23.2 Å². The minimum absolute atomic E-state index is 0.162. The van der Waals surface area contributed by atoms with E-state index in [-0.39, 0.29) is 17.6 Å². The molecule has 1 saturated heterocycles.